The highest BCUT2D eigenvalue weighted by Gasteiger charge is 2.31. The standard InChI is InChI=1S/C24H32N2O3/c1-6-22(27)26(17-19-13-10-14-20(15-19)29-5)21(23(28)25-24(2,3)4)16-18-11-8-7-9-12-18/h7-15,21H,6,16-17H2,1-5H3,(H,25,28). The van der Waals surface area contributed by atoms with Crippen LogP contribution in [0.4, 0.5) is 0 Å². The van der Waals surface area contributed by atoms with Crippen LogP contribution in [0.2, 0.25) is 0 Å². The van der Waals surface area contributed by atoms with Gasteiger partial charge in [0.2, 0.25) is 11.8 Å². The number of rotatable bonds is 8. The van der Waals surface area contributed by atoms with Gasteiger partial charge < -0.3 is 15.0 Å². The maximum absolute atomic E-state index is 13.2. The van der Waals surface area contributed by atoms with Crippen LogP contribution >= 0.6 is 0 Å². The highest BCUT2D eigenvalue weighted by molar-refractivity contribution is 5.88. The van der Waals surface area contributed by atoms with Crippen LogP contribution in [0.1, 0.15) is 45.2 Å². The fourth-order valence-corrected chi connectivity index (χ4v) is 3.18. The third kappa shape index (κ3) is 6.93. The lowest BCUT2D eigenvalue weighted by Crippen LogP contribution is -2.54. The molecule has 0 saturated heterocycles. The summed E-state index contributed by atoms with van der Waals surface area (Å²) in [5.41, 5.74) is 1.55. The van der Waals surface area contributed by atoms with Crippen molar-refractivity contribution in [3.63, 3.8) is 0 Å². The van der Waals surface area contributed by atoms with Gasteiger partial charge in [-0.05, 0) is 44.0 Å². The van der Waals surface area contributed by atoms with Gasteiger partial charge in [-0.1, -0.05) is 49.4 Å². The number of carbonyl (C=O) groups excluding carboxylic acids is 2. The zero-order valence-corrected chi connectivity index (χ0v) is 18.1. The second kappa shape index (κ2) is 10.1. The van der Waals surface area contributed by atoms with Crippen molar-refractivity contribution in [1.29, 1.82) is 0 Å². The van der Waals surface area contributed by atoms with Gasteiger partial charge in [-0.2, -0.15) is 0 Å². The lowest BCUT2D eigenvalue weighted by Gasteiger charge is -2.33. The molecule has 2 aromatic carbocycles. The molecular weight excluding hydrogens is 364 g/mol. The van der Waals surface area contributed by atoms with Crippen molar-refractivity contribution in [2.75, 3.05) is 7.11 Å². The summed E-state index contributed by atoms with van der Waals surface area (Å²) in [6, 6.07) is 16.8. The van der Waals surface area contributed by atoms with Gasteiger partial charge >= 0.3 is 0 Å². The predicted octanol–water partition coefficient (Wildman–Crippen LogP) is 3.96. The van der Waals surface area contributed by atoms with Crippen molar-refractivity contribution in [3.8, 4) is 5.75 Å². The molecule has 2 aromatic rings. The van der Waals surface area contributed by atoms with Crippen molar-refractivity contribution in [2.24, 2.45) is 0 Å². The molecule has 0 aliphatic carbocycles. The normalized spacial score (nSPS) is 12.2. The first-order valence-electron chi connectivity index (χ1n) is 10.0. The fraction of sp³-hybridized carbons (Fsp3) is 0.417. The molecule has 0 radical (unpaired) electrons. The van der Waals surface area contributed by atoms with E-state index in [1.54, 1.807) is 12.0 Å². The number of ether oxygens (including phenoxy) is 1. The Morgan fingerprint density at radius 1 is 1.03 bits per heavy atom. The van der Waals surface area contributed by atoms with Crippen molar-refractivity contribution in [2.45, 2.75) is 58.7 Å². The van der Waals surface area contributed by atoms with Crippen molar-refractivity contribution < 1.29 is 14.3 Å². The molecule has 0 spiro atoms. The molecule has 0 aliphatic heterocycles. The van der Waals surface area contributed by atoms with E-state index >= 15 is 0 Å². The first-order chi connectivity index (χ1) is 13.7. The number of hydrogen-bond donors (Lipinski definition) is 1. The fourth-order valence-electron chi connectivity index (χ4n) is 3.18. The number of benzene rings is 2. The number of carbonyl (C=O) groups is 2. The number of hydrogen-bond acceptors (Lipinski definition) is 3. The van der Waals surface area contributed by atoms with Crippen LogP contribution in [0.5, 0.6) is 5.75 Å². The Bertz CT molecular complexity index is 812. The van der Waals surface area contributed by atoms with E-state index in [0.29, 0.717) is 19.4 Å². The Kier molecular flexibility index (Phi) is 7.82. The number of methoxy groups -OCH3 is 1. The molecule has 0 fully saturated rings. The molecule has 0 heterocycles. The Hall–Kier alpha value is -2.82. The van der Waals surface area contributed by atoms with Gasteiger partial charge in [0.1, 0.15) is 11.8 Å². The number of amides is 2. The smallest absolute Gasteiger partial charge is 0.243 e. The molecule has 0 bridgehead atoms. The van der Waals surface area contributed by atoms with E-state index in [1.165, 1.54) is 0 Å². The molecule has 0 aliphatic rings. The van der Waals surface area contributed by atoms with E-state index in [4.69, 9.17) is 4.74 Å². The molecule has 156 valence electrons. The molecule has 0 saturated carbocycles. The largest absolute Gasteiger partial charge is 0.497 e. The second-order valence-electron chi connectivity index (χ2n) is 8.17. The third-order valence-corrected chi connectivity index (χ3v) is 4.56. The predicted molar refractivity (Wildman–Crippen MR) is 116 cm³/mol. The van der Waals surface area contributed by atoms with Crippen LogP contribution < -0.4 is 10.1 Å². The van der Waals surface area contributed by atoms with Gasteiger partial charge in [-0.15, -0.1) is 0 Å². The van der Waals surface area contributed by atoms with Crippen molar-refractivity contribution >= 4 is 11.8 Å². The van der Waals surface area contributed by atoms with Crippen LogP contribution in [0.15, 0.2) is 54.6 Å². The number of nitrogens with zero attached hydrogens (tertiary/aromatic N) is 1. The highest BCUT2D eigenvalue weighted by atomic mass is 16.5. The average molecular weight is 397 g/mol. The zero-order chi connectivity index (χ0) is 21.4. The lowest BCUT2D eigenvalue weighted by atomic mass is 10.0. The molecule has 5 heteroatoms. The molecule has 1 N–H and O–H groups in total. The summed E-state index contributed by atoms with van der Waals surface area (Å²) in [6.07, 6.45) is 0.788. The SMILES string of the molecule is CCC(=O)N(Cc1cccc(OC)c1)C(Cc1ccccc1)C(=O)NC(C)(C)C. The quantitative estimate of drug-likeness (QED) is 0.735. The summed E-state index contributed by atoms with van der Waals surface area (Å²) >= 11 is 0. The van der Waals surface area contributed by atoms with E-state index in [1.807, 2.05) is 82.3 Å². The number of nitrogens with one attached hydrogen (secondary N) is 1. The summed E-state index contributed by atoms with van der Waals surface area (Å²) in [4.78, 5) is 27.8. The minimum atomic E-state index is -0.602. The van der Waals surface area contributed by atoms with Gasteiger partial charge in [0.15, 0.2) is 0 Å². The lowest BCUT2D eigenvalue weighted by molar-refractivity contribution is -0.141. The monoisotopic (exact) mass is 396 g/mol. The molecule has 2 rings (SSSR count). The Balaban J connectivity index is 2.39. The Morgan fingerprint density at radius 3 is 2.28 bits per heavy atom. The third-order valence-electron chi connectivity index (χ3n) is 4.56. The molecule has 1 atom stereocenters. The van der Waals surface area contributed by atoms with E-state index in [-0.39, 0.29) is 17.4 Å². The van der Waals surface area contributed by atoms with Gasteiger partial charge in [0, 0.05) is 24.9 Å². The van der Waals surface area contributed by atoms with Crippen LogP contribution in [0, 0.1) is 0 Å². The van der Waals surface area contributed by atoms with E-state index in [2.05, 4.69) is 5.32 Å². The van der Waals surface area contributed by atoms with Crippen LogP contribution in [0.3, 0.4) is 0 Å². The second-order valence-corrected chi connectivity index (χ2v) is 8.17. The minimum Gasteiger partial charge on any atom is -0.497 e. The Morgan fingerprint density at radius 2 is 1.69 bits per heavy atom. The van der Waals surface area contributed by atoms with Gasteiger partial charge in [0.05, 0.1) is 7.11 Å². The van der Waals surface area contributed by atoms with Crippen LogP contribution in [0.25, 0.3) is 0 Å². The highest BCUT2D eigenvalue weighted by Crippen LogP contribution is 2.19. The summed E-state index contributed by atoms with van der Waals surface area (Å²) in [5.74, 6) is 0.522. The van der Waals surface area contributed by atoms with Gasteiger partial charge in [-0.25, -0.2) is 0 Å². The Labute approximate surface area is 174 Å². The summed E-state index contributed by atoms with van der Waals surface area (Å²) in [5, 5.41) is 3.05. The average Bonchev–Trinajstić information content (AvgIpc) is 2.69. The maximum atomic E-state index is 13.2. The first-order valence-corrected chi connectivity index (χ1v) is 10.0. The van der Waals surface area contributed by atoms with E-state index in [9.17, 15) is 9.59 Å². The van der Waals surface area contributed by atoms with E-state index in [0.717, 1.165) is 16.9 Å². The zero-order valence-electron chi connectivity index (χ0n) is 18.1. The summed E-state index contributed by atoms with van der Waals surface area (Å²) in [7, 11) is 1.61. The van der Waals surface area contributed by atoms with Crippen molar-refractivity contribution in [1.82, 2.24) is 10.2 Å². The summed E-state index contributed by atoms with van der Waals surface area (Å²) in [6.45, 7) is 8.00. The molecule has 5 nitrogen and oxygen atoms in total. The topological polar surface area (TPSA) is 58.6 Å². The maximum Gasteiger partial charge on any atom is 0.243 e. The first kappa shape index (κ1) is 22.5. The molecule has 29 heavy (non-hydrogen) atoms. The van der Waals surface area contributed by atoms with E-state index < -0.39 is 6.04 Å². The molecular formula is C24H32N2O3. The summed E-state index contributed by atoms with van der Waals surface area (Å²) < 4.78 is 5.31. The molecule has 2 amide bonds. The van der Waals surface area contributed by atoms with Crippen LogP contribution in [-0.4, -0.2) is 35.4 Å². The molecule has 0 aromatic heterocycles. The molecule has 1 unspecified atom stereocenters. The van der Waals surface area contributed by atoms with Crippen LogP contribution in [-0.2, 0) is 22.6 Å². The minimum absolute atomic E-state index is 0.0576. The van der Waals surface area contributed by atoms with Gasteiger partial charge in [0.25, 0.3) is 0 Å². The van der Waals surface area contributed by atoms with Crippen molar-refractivity contribution in [3.05, 3.63) is 65.7 Å². The van der Waals surface area contributed by atoms with Gasteiger partial charge in [-0.3, -0.25) is 9.59 Å².